The highest BCUT2D eigenvalue weighted by Crippen LogP contribution is 2.48. The van der Waals surface area contributed by atoms with Gasteiger partial charge in [-0.15, -0.1) is 0 Å². The average Bonchev–Trinajstić information content (AvgIpc) is 3.33. The highest BCUT2D eigenvalue weighted by atomic mass is 19.4. The Labute approximate surface area is 255 Å². The number of anilines is 2. The molecule has 7 nitrogen and oxygen atoms in total. The van der Waals surface area contributed by atoms with E-state index in [9.17, 15) is 26.3 Å². The van der Waals surface area contributed by atoms with Crippen molar-refractivity contribution >= 4 is 22.4 Å². The van der Waals surface area contributed by atoms with Gasteiger partial charge in [0.25, 0.3) is 0 Å². The molecule has 242 valence electrons. The van der Waals surface area contributed by atoms with Crippen molar-refractivity contribution in [2.45, 2.75) is 56.3 Å². The third-order valence-electron chi connectivity index (χ3n) is 9.31. The van der Waals surface area contributed by atoms with Crippen LogP contribution in [0.4, 0.5) is 46.6 Å². The molecule has 0 unspecified atom stereocenters. The smallest absolute Gasteiger partial charge is 0.417 e. The first kappa shape index (κ1) is 27.8. The van der Waals surface area contributed by atoms with Crippen molar-refractivity contribution in [3.8, 4) is 17.1 Å². The number of halogens is 8. The van der Waals surface area contributed by atoms with Crippen LogP contribution in [0.1, 0.15) is 33.1 Å². The number of ether oxygens (including phenoxy) is 2. The molecule has 15 heteroatoms. The summed E-state index contributed by atoms with van der Waals surface area (Å²) in [6.45, 7) is -1.35. The fraction of sp³-hybridized carbons (Fsp3) is 0.533. The van der Waals surface area contributed by atoms with Gasteiger partial charge in [0, 0.05) is 36.4 Å². The second-order valence-corrected chi connectivity index (χ2v) is 12.1. The van der Waals surface area contributed by atoms with Crippen molar-refractivity contribution in [2.75, 3.05) is 50.0 Å². The number of aromatic nitrogens is 2. The Morgan fingerprint density at radius 1 is 1.16 bits per heavy atom. The van der Waals surface area contributed by atoms with Gasteiger partial charge in [-0.3, -0.25) is 4.90 Å². The molecule has 3 saturated heterocycles. The Hall–Kier alpha value is -3.46. The van der Waals surface area contributed by atoms with Gasteiger partial charge in [0.1, 0.15) is 41.9 Å². The molecule has 2 aromatic carbocycles. The molecule has 0 radical (unpaired) electrons. The van der Waals surface area contributed by atoms with E-state index in [1.807, 2.05) is 0 Å². The number of alkyl halides is 5. The highest BCUT2D eigenvalue weighted by molar-refractivity contribution is 5.95. The number of hydrogen-bond donors (Lipinski definition) is 1. The van der Waals surface area contributed by atoms with Gasteiger partial charge in [0.15, 0.2) is 5.82 Å². The van der Waals surface area contributed by atoms with Crippen molar-refractivity contribution < 1.29 is 47.3 Å². The number of hydrogen-bond acceptors (Lipinski definition) is 7. The fourth-order valence-electron chi connectivity index (χ4n) is 7.14. The van der Waals surface area contributed by atoms with Gasteiger partial charge in [-0.25, -0.2) is 22.0 Å². The van der Waals surface area contributed by atoms with Crippen LogP contribution in [-0.4, -0.2) is 78.2 Å². The molecule has 0 spiro atoms. The lowest BCUT2D eigenvalue weighted by Crippen LogP contribution is -2.43. The Kier molecular flexibility index (Phi) is 6.52. The Balaban J connectivity index is 1.44. The third-order valence-corrected chi connectivity index (χ3v) is 9.31. The molecular weight excluding hydrogens is 614 g/mol. The molecule has 45 heavy (non-hydrogen) atoms. The molecule has 1 aromatic heterocycles. The predicted molar refractivity (Wildman–Crippen MR) is 148 cm³/mol. The highest BCUT2D eigenvalue weighted by Gasteiger charge is 2.56. The molecule has 4 fully saturated rings. The van der Waals surface area contributed by atoms with E-state index in [0.717, 1.165) is 6.92 Å². The van der Waals surface area contributed by atoms with E-state index in [1.165, 1.54) is 4.90 Å². The number of rotatable bonds is 5. The van der Waals surface area contributed by atoms with Crippen LogP contribution >= 0.6 is 0 Å². The number of nitrogens with zero attached hydrogens (tertiary/aromatic N) is 4. The predicted octanol–water partition coefficient (Wildman–Crippen LogP) is 5.75. The number of nitrogen functional groups attached to an aromatic ring is 1. The molecule has 3 aliphatic heterocycles. The molecule has 3 aromatic rings. The van der Waals surface area contributed by atoms with E-state index in [1.54, 1.807) is 4.90 Å². The minimum Gasteiger partial charge on any atom is -0.461 e. The van der Waals surface area contributed by atoms with Crippen LogP contribution in [0.5, 0.6) is 6.01 Å². The van der Waals surface area contributed by atoms with Gasteiger partial charge >= 0.3 is 12.2 Å². The SMILES string of the molecule is [2H]C([2H])(Oc1nc(N2CCOC[C@H]3[C@H](F)[C@H]32)c2cc(F)c(-c3cc(N)c(F)c(C)c3C(F)(F)F)c(F)c2n1)[C@@]12CCCN1C[C@H](F)C2. The lowest BCUT2D eigenvalue weighted by Gasteiger charge is -2.31. The van der Waals surface area contributed by atoms with Crippen LogP contribution in [0.3, 0.4) is 0 Å². The van der Waals surface area contributed by atoms with Crippen LogP contribution in [0.15, 0.2) is 12.1 Å². The quantitative estimate of drug-likeness (QED) is 0.280. The third kappa shape index (κ3) is 4.84. The normalized spacial score (nSPS) is 29.3. The van der Waals surface area contributed by atoms with Crippen molar-refractivity contribution in [1.29, 1.82) is 0 Å². The molecule has 0 amide bonds. The van der Waals surface area contributed by atoms with Crippen LogP contribution in [0.25, 0.3) is 22.0 Å². The summed E-state index contributed by atoms with van der Waals surface area (Å²) < 4.78 is 148. The Morgan fingerprint density at radius 3 is 2.69 bits per heavy atom. The lowest BCUT2D eigenvalue weighted by molar-refractivity contribution is -0.137. The Bertz CT molecular complexity index is 1780. The van der Waals surface area contributed by atoms with Crippen molar-refractivity contribution in [1.82, 2.24) is 14.9 Å². The molecule has 1 saturated carbocycles. The molecule has 1 aliphatic carbocycles. The van der Waals surface area contributed by atoms with Crippen molar-refractivity contribution in [2.24, 2.45) is 5.92 Å². The minimum atomic E-state index is -5.26. The topological polar surface area (TPSA) is 76.7 Å². The van der Waals surface area contributed by atoms with E-state index in [0.29, 0.717) is 25.1 Å². The van der Waals surface area contributed by atoms with Crippen LogP contribution < -0.4 is 15.4 Å². The maximum absolute atomic E-state index is 16.6. The summed E-state index contributed by atoms with van der Waals surface area (Å²) >= 11 is 0. The zero-order valence-corrected chi connectivity index (χ0v) is 23.8. The largest absolute Gasteiger partial charge is 0.461 e. The molecular formula is C30H29F8N5O2. The van der Waals surface area contributed by atoms with Crippen LogP contribution in [0, 0.1) is 30.3 Å². The summed E-state index contributed by atoms with van der Waals surface area (Å²) in [7, 11) is 0. The standard InChI is InChI=1S/C30H29F8N5O2/c1-13-21(30(36,37)38)15(8-19(39)22(13)33)20-18(32)7-16-25(24(20)35)40-28(45-12-29-3-2-4-42(29)10-14(31)9-29)41-27(16)43-5-6-44-11-17-23(34)26(17)43/h7-8,14,17,23,26H,2-6,9-12,39H2,1H3/t14-,17+,23+,26+,29+/m1/s1/i12D2. The first-order chi connectivity index (χ1) is 22.1. The van der Waals surface area contributed by atoms with E-state index < -0.39 is 99.5 Å². The zero-order chi connectivity index (χ0) is 33.8. The summed E-state index contributed by atoms with van der Waals surface area (Å²) in [6.07, 6.45) is -7.42. The summed E-state index contributed by atoms with van der Waals surface area (Å²) in [5.74, 6) is -5.37. The number of fused-ring (bicyclic) bond motifs is 3. The molecule has 0 bridgehead atoms. The number of nitrogens with two attached hydrogens (primary N) is 1. The zero-order valence-electron chi connectivity index (χ0n) is 25.8. The van der Waals surface area contributed by atoms with Crippen molar-refractivity contribution in [3.63, 3.8) is 0 Å². The maximum atomic E-state index is 16.6. The molecule has 4 heterocycles. The maximum Gasteiger partial charge on any atom is 0.417 e. The summed E-state index contributed by atoms with van der Waals surface area (Å²) in [4.78, 5) is 11.3. The Morgan fingerprint density at radius 2 is 1.93 bits per heavy atom. The second kappa shape index (κ2) is 10.5. The van der Waals surface area contributed by atoms with Crippen LogP contribution in [-0.2, 0) is 10.9 Å². The molecule has 5 atom stereocenters. The summed E-state index contributed by atoms with van der Waals surface area (Å²) in [5, 5.41) is -0.359. The van der Waals surface area contributed by atoms with E-state index in [-0.39, 0.29) is 50.3 Å². The van der Waals surface area contributed by atoms with E-state index >= 15 is 8.78 Å². The van der Waals surface area contributed by atoms with E-state index in [2.05, 4.69) is 9.97 Å². The van der Waals surface area contributed by atoms with Gasteiger partial charge < -0.3 is 20.1 Å². The van der Waals surface area contributed by atoms with Gasteiger partial charge in [0.05, 0.1) is 44.4 Å². The first-order valence-electron chi connectivity index (χ1n) is 15.5. The molecule has 4 aliphatic rings. The van der Waals surface area contributed by atoms with Gasteiger partial charge in [-0.2, -0.15) is 23.1 Å². The van der Waals surface area contributed by atoms with Gasteiger partial charge in [-0.1, -0.05) is 0 Å². The number of benzene rings is 2. The van der Waals surface area contributed by atoms with Gasteiger partial charge in [-0.05, 0) is 44.0 Å². The monoisotopic (exact) mass is 645 g/mol. The minimum absolute atomic E-state index is 0.00180. The molecule has 7 rings (SSSR count). The van der Waals surface area contributed by atoms with Gasteiger partial charge in [0.2, 0.25) is 0 Å². The second-order valence-electron chi connectivity index (χ2n) is 12.1. The summed E-state index contributed by atoms with van der Waals surface area (Å²) in [6, 6.07) is -0.434. The van der Waals surface area contributed by atoms with E-state index in [4.69, 9.17) is 17.9 Å². The van der Waals surface area contributed by atoms with Crippen LogP contribution in [0.2, 0.25) is 0 Å². The molecule has 2 N–H and O–H groups in total. The fourth-order valence-corrected chi connectivity index (χ4v) is 7.14. The first-order valence-corrected chi connectivity index (χ1v) is 14.5. The summed E-state index contributed by atoms with van der Waals surface area (Å²) in [5.41, 5.74) is -2.30. The van der Waals surface area contributed by atoms with Crippen molar-refractivity contribution in [3.05, 3.63) is 40.7 Å². The average molecular weight is 646 g/mol. The lowest BCUT2D eigenvalue weighted by atomic mass is 9.92.